The SMILES string of the molecule is CN(C)C1CCCN(C(=O)c2nn(-c3cccc(Br)c3)c3c2CCCC3)C1. The van der Waals surface area contributed by atoms with Crippen LogP contribution in [-0.4, -0.2) is 58.7 Å². The summed E-state index contributed by atoms with van der Waals surface area (Å²) in [6.45, 7) is 1.63. The average molecular weight is 431 g/mol. The molecule has 0 spiro atoms. The predicted octanol–water partition coefficient (Wildman–Crippen LogP) is 3.68. The summed E-state index contributed by atoms with van der Waals surface area (Å²) in [5, 5.41) is 4.84. The topological polar surface area (TPSA) is 41.4 Å². The van der Waals surface area contributed by atoms with Crippen molar-refractivity contribution in [2.45, 2.75) is 44.6 Å². The zero-order chi connectivity index (χ0) is 19.0. The van der Waals surface area contributed by atoms with Crippen LogP contribution in [0, 0.1) is 0 Å². The Labute approximate surface area is 169 Å². The van der Waals surface area contributed by atoms with Gasteiger partial charge in [0.2, 0.25) is 0 Å². The Bertz CT molecular complexity index is 845. The molecule has 27 heavy (non-hydrogen) atoms. The molecule has 144 valence electrons. The van der Waals surface area contributed by atoms with Crippen LogP contribution in [0.5, 0.6) is 0 Å². The lowest BCUT2D eigenvalue weighted by atomic mass is 9.94. The van der Waals surface area contributed by atoms with Crippen LogP contribution in [0.3, 0.4) is 0 Å². The van der Waals surface area contributed by atoms with E-state index in [2.05, 4.69) is 47.1 Å². The molecule has 1 aromatic carbocycles. The highest BCUT2D eigenvalue weighted by atomic mass is 79.9. The van der Waals surface area contributed by atoms with Gasteiger partial charge in [0.05, 0.1) is 5.69 Å². The molecule has 0 bridgehead atoms. The lowest BCUT2D eigenvalue weighted by Gasteiger charge is -2.36. The zero-order valence-electron chi connectivity index (χ0n) is 16.1. The second kappa shape index (κ2) is 7.76. The lowest BCUT2D eigenvalue weighted by Crippen LogP contribution is -2.47. The van der Waals surface area contributed by atoms with Crippen molar-refractivity contribution in [3.8, 4) is 5.69 Å². The Morgan fingerprint density at radius 2 is 2.04 bits per heavy atom. The van der Waals surface area contributed by atoms with Gasteiger partial charge in [-0.15, -0.1) is 0 Å². The molecule has 1 aliphatic carbocycles. The standard InChI is InChI=1S/C21H27BrN4O/c1-24(2)17-9-6-12-25(14-17)21(27)20-18-10-3-4-11-19(18)26(23-20)16-8-5-7-15(22)13-16/h5,7-8,13,17H,3-4,6,9-12,14H2,1-2H3. The highest BCUT2D eigenvalue weighted by Gasteiger charge is 2.31. The number of benzene rings is 1. The minimum Gasteiger partial charge on any atom is -0.336 e. The molecular formula is C21H27BrN4O. The summed E-state index contributed by atoms with van der Waals surface area (Å²) in [5.41, 5.74) is 4.07. The Hall–Kier alpha value is -1.66. The van der Waals surface area contributed by atoms with Crippen molar-refractivity contribution in [3.05, 3.63) is 45.7 Å². The van der Waals surface area contributed by atoms with E-state index in [0.717, 1.165) is 61.8 Å². The summed E-state index contributed by atoms with van der Waals surface area (Å²) in [6, 6.07) is 8.60. The number of rotatable bonds is 3. The second-order valence-corrected chi connectivity index (χ2v) is 8.80. The Morgan fingerprint density at radius 3 is 2.81 bits per heavy atom. The fourth-order valence-electron chi connectivity index (χ4n) is 4.30. The van der Waals surface area contributed by atoms with Crippen LogP contribution in [0.2, 0.25) is 0 Å². The molecule has 1 unspecified atom stereocenters. The first-order chi connectivity index (χ1) is 13.0. The summed E-state index contributed by atoms with van der Waals surface area (Å²) in [6.07, 6.45) is 6.45. The molecule has 1 atom stereocenters. The van der Waals surface area contributed by atoms with E-state index in [1.54, 1.807) is 0 Å². The van der Waals surface area contributed by atoms with Crippen molar-refractivity contribution in [1.29, 1.82) is 0 Å². The molecule has 5 nitrogen and oxygen atoms in total. The number of hydrogen-bond donors (Lipinski definition) is 0. The van der Waals surface area contributed by atoms with Crippen molar-refractivity contribution in [3.63, 3.8) is 0 Å². The van der Waals surface area contributed by atoms with E-state index in [1.807, 2.05) is 21.7 Å². The third-order valence-corrected chi connectivity index (χ3v) is 6.34. The van der Waals surface area contributed by atoms with E-state index in [1.165, 1.54) is 11.3 Å². The highest BCUT2D eigenvalue weighted by molar-refractivity contribution is 9.10. The molecule has 6 heteroatoms. The zero-order valence-corrected chi connectivity index (χ0v) is 17.7. The number of piperidine rings is 1. The first-order valence-corrected chi connectivity index (χ1v) is 10.7. The number of fused-ring (bicyclic) bond motifs is 1. The third-order valence-electron chi connectivity index (χ3n) is 5.85. The molecule has 1 saturated heterocycles. The Morgan fingerprint density at radius 1 is 1.22 bits per heavy atom. The summed E-state index contributed by atoms with van der Waals surface area (Å²) in [7, 11) is 4.20. The van der Waals surface area contributed by atoms with Crippen LogP contribution in [0.1, 0.15) is 47.4 Å². The van der Waals surface area contributed by atoms with E-state index in [4.69, 9.17) is 5.10 Å². The number of carbonyl (C=O) groups is 1. The van der Waals surface area contributed by atoms with E-state index < -0.39 is 0 Å². The van der Waals surface area contributed by atoms with Crippen LogP contribution in [0.15, 0.2) is 28.7 Å². The molecule has 0 N–H and O–H groups in total. The molecule has 0 radical (unpaired) electrons. The molecule has 2 aliphatic rings. The average Bonchev–Trinajstić information content (AvgIpc) is 3.07. The van der Waals surface area contributed by atoms with Gasteiger partial charge in [-0.05, 0) is 70.8 Å². The van der Waals surface area contributed by atoms with Gasteiger partial charge in [0.1, 0.15) is 0 Å². The maximum atomic E-state index is 13.4. The van der Waals surface area contributed by atoms with E-state index in [9.17, 15) is 4.79 Å². The minimum absolute atomic E-state index is 0.105. The first-order valence-electron chi connectivity index (χ1n) is 9.87. The van der Waals surface area contributed by atoms with E-state index in [0.29, 0.717) is 11.7 Å². The number of hydrogen-bond acceptors (Lipinski definition) is 3. The molecule has 1 aliphatic heterocycles. The van der Waals surface area contributed by atoms with Gasteiger partial charge in [0, 0.05) is 34.9 Å². The number of halogens is 1. The first kappa shape index (κ1) is 18.7. The molecule has 1 fully saturated rings. The molecular weight excluding hydrogens is 404 g/mol. The highest BCUT2D eigenvalue weighted by Crippen LogP contribution is 2.29. The number of likely N-dealkylation sites (N-methyl/N-ethyl adjacent to an activating group) is 1. The van der Waals surface area contributed by atoms with Crippen molar-refractivity contribution in [1.82, 2.24) is 19.6 Å². The number of aromatic nitrogens is 2. The third kappa shape index (κ3) is 3.69. The van der Waals surface area contributed by atoms with Crippen molar-refractivity contribution >= 4 is 21.8 Å². The maximum Gasteiger partial charge on any atom is 0.274 e. The number of nitrogens with zero attached hydrogens (tertiary/aromatic N) is 4. The van der Waals surface area contributed by atoms with Crippen molar-refractivity contribution in [2.75, 3.05) is 27.2 Å². The van der Waals surface area contributed by atoms with Crippen LogP contribution in [0.25, 0.3) is 5.69 Å². The fourth-order valence-corrected chi connectivity index (χ4v) is 4.69. The summed E-state index contributed by atoms with van der Waals surface area (Å²) < 4.78 is 3.03. The molecule has 2 heterocycles. The van der Waals surface area contributed by atoms with E-state index >= 15 is 0 Å². The largest absolute Gasteiger partial charge is 0.336 e. The minimum atomic E-state index is 0.105. The summed E-state index contributed by atoms with van der Waals surface area (Å²) in [5.74, 6) is 0.105. The Balaban J connectivity index is 1.69. The van der Waals surface area contributed by atoms with Gasteiger partial charge >= 0.3 is 0 Å². The monoisotopic (exact) mass is 430 g/mol. The predicted molar refractivity (Wildman–Crippen MR) is 111 cm³/mol. The van der Waals surface area contributed by atoms with Gasteiger partial charge in [0.15, 0.2) is 5.69 Å². The molecule has 4 rings (SSSR count). The van der Waals surface area contributed by atoms with Gasteiger partial charge in [0.25, 0.3) is 5.91 Å². The van der Waals surface area contributed by atoms with Crippen LogP contribution < -0.4 is 0 Å². The Kier molecular flexibility index (Phi) is 5.37. The number of amides is 1. The molecule has 2 aromatic rings. The molecule has 0 saturated carbocycles. The fraction of sp³-hybridized carbons (Fsp3) is 0.524. The second-order valence-electron chi connectivity index (χ2n) is 7.88. The summed E-state index contributed by atoms with van der Waals surface area (Å²) in [4.78, 5) is 17.6. The summed E-state index contributed by atoms with van der Waals surface area (Å²) >= 11 is 3.55. The van der Waals surface area contributed by atoms with Gasteiger partial charge in [-0.1, -0.05) is 22.0 Å². The normalized spacial score (nSPS) is 20.0. The quantitative estimate of drug-likeness (QED) is 0.745. The molecule has 1 amide bonds. The lowest BCUT2D eigenvalue weighted by molar-refractivity contribution is 0.0627. The van der Waals surface area contributed by atoms with Crippen LogP contribution in [-0.2, 0) is 12.8 Å². The van der Waals surface area contributed by atoms with E-state index in [-0.39, 0.29) is 5.91 Å². The van der Waals surface area contributed by atoms with Gasteiger partial charge in [-0.25, -0.2) is 4.68 Å². The van der Waals surface area contributed by atoms with Crippen LogP contribution >= 0.6 is 15.9 Å². The number of likely N-dealkylation sites (tertiary alicyclic amines) is 1. The van der Waals surface area contributed by atoms with Crippen molar-refractivity contribution in [2.24, 2.45) is 0 Å². The molecule has 1 aromatic heterocycles. The van der Waals surface area contributed by atoms with Gasteiger partial charge in [-0.3, -0.25) is 4.79 Å². The maximum absolute atomic E-state index is 13.4. The smallest absolute Gasteiger partial charge is 0.274 e. The van der Waals surface area contributed by atoms with Gasteiger partial charge < -0.3 is 9.80 Å². The van der Waals surface area contributed by atoms with Gasteiger partial charge in [-0.2, -0.15) is 5.10 Å². The van der Waals surface area contributed by atoms with Crippen molar-refractivity contribution < 1.29 is 4.79 Å². The van der Waals surface area contributed by atoms with Crippen LogP contribution in [0.4, 0.5) is 0 Å². The number of carbonyl (C=O) groups excluding carboxylic acids is 1.